The van der Waals surface area contributed by atoms with E-state index in [2.05, 4.69) is 85.5 Å². The molecule has 0 spiro atoms. The number of piperidine rings is 1. The molecule has 1 amide bonds. The van der Waals surface area contributed by atoms with Crippen LogP contribution in [0.5, 0.6) is 11.5 Å². The monoisotopic (exact) mass is 581 g/mol. The molecule has 0 unspecified atom stereocenters. The molecule has 6 rings (SSSR count). The van der Waals surface area contributed by atoms with Crippen molar-refractivity contribution in [3.8, 4) is 22.9 Å². The summed E-state index contributed by atoms with van der Waals surface area (Å²) >= 11 is 0. The molecule has 2 fully saturated rings. The standard InChI is InChI=1S/C34H39N5O4/c1-41-29-14-13-28(23-30(29)42-2)33-35-31(43-36-33)24-37-17-15-27(16-18-37)34(40)39-21-19-38(20-22-39)32(25-9-5-3-6-10-25)26-11-7-4-8-12-26/h3-14,23,27,32H,15-22,24H2,1-2H3. The number of amides is 1. The van der Waals surface area contributed by atoms with E-state index >= 15 is 0 Å². The van der Waals surface area contributed by atoms with Crippen molar-refractivity contribution in [2.75, 3.05) is 53.5 Å². The van der Waals surface area contributed by atoms with Gasteiger partial charge in [-0.05, 0) is 55.3 Å². The van der Waals surface area contributed by atoms with Gasteiger partial charge in [-0.2, -0.15) is 4.98 Å². The summed E-state index contributed by atoms with van der Waals surface area (Å²) in [5, 5.41) is 4.17. The molecule has 2 saturated heterocycles. The summed E-state index contributed by atoms with van der Waals surface area (Å²) in [6.45, 7) is 5.47. The fourth-order valence-electron chi connectivity index (χ4n) is 6.28. The van der Waals surface area contributed by atoms with Crippen LogP contribution in [0.15, 0.2) is 83.4 Å². The molecule has 2 aliphatic rings. The Labute approximate surface area is 253 Å². The number of rotatable bonds is 9. The molecular weight excluding hydrogens is 542 g/mol. The Balaban J connectivity index is 1.01. The van der Waals surface area contributed by atoms with E-state index < -0.39 is 0 Å². The van der Waals surface area contributed by atoms with Gasteiger partial charge in [-0.3, -0.25) is 14.6 Å². The van der Waals surface area contributed by atoms with Crippen LogP contribution >= 0.6 is 0 Å². The van der Waals surface area contributed by atoms with E-state index in [0.717, 1.165) is 57.7 Å². The molecule has 9 heteroatoms. The molecule has 3 aromatic carbocycles. The van der Waals surface area contributed by atoms with Gasteiger partial charge in [-0.15, -0.1) is 0 Å². The average molecular weight is 582 g/mol. The topological polar surface area (TPSA) is 84.2 Å². The van der Waals surface area contributed by atoms with Crippen LogP contribution in [0.4, 0.5) is 0 Å². The lowest BCUT2D eigenvalue weighted by Crippen LogP contribution is -2.52. The molecule has 1 aromatic heterocycles. The zero-order valence-corrected chi connectivity index (χ0v) is 24.9. The maximum atomic E-state index is 13.5. The Kier molecular flexibility index (Phi) is 9.00. The molecule has 2 aliphatic heterocycles. The smallest absolute Gasteiger partial charge is 0.241 e. The van der Waals surface area contributed by atoms with Gasteiger partial charge in [0.05, 0.1) is 26.8 Å². The fourth-order valence-corrected chi connectivity index (χ4v) is 6.28. The van der Waals surface area contributed by atoms with Crippen LogP contribution in [0.25, 0.3) is 11.4 Å². The number of aromatic nitrogens is 2. The lowest BCUT2D eigenvalue weighted by molar-refractivity contribution is -0.139. The highest BCUT2D eigenvalue weighted by Crippen LogP contribution is 2.32. The molecule has 0 aliphatic carbocycles. The molecule has 0 radical (unpaired) electrons. The molecule has 4 aromatic rings. The van der Waals surface area contributed by atoms with Crippen LogP contribution in [-0.4, -0.2) is 84.2 Å². The largest absolute Gasteiger partial charge is 0.493 e. The molecule has 43 heavy (non-hydrogen) atoms. The first kappa shape index (κ1) is 28.9. The Morgan fingerprint density at radius 3 is 2.07 bits per heavy atom. The van der Waals surface area contributed by atoms with Crippen molar-refractivity contribution < 1.29 is 18.8 Å². The fraction of sp³-hybridized carbons (Fsp3) is 0.382. The Morgan fingerprint density at radius 2 is 1.47 bits per heavy atom. The first-order chi connectivity index (χ1) is 21.1. The van der Waals surface area contributed by atoms with Gasteiger partial charge in [0, 0.05) is 37.7 Å². The number of likely N-dealkylation sites (tertiary alicyclic amines) is 1. The summed E-state index contributed by atoms with van der Waals surface area (Å²) in [6, 6.07) is 27.1. The zero-order chi connectivity index (χ0) is 29.6. The van der Waals surface area contributed by atoms with Crippen molar-refractivity contribution in [3.05, 3.63) is 95.9 Å². The van der Waals surface area contributed by atoms with E-state index in [1.54, 1.807) is 14.2 Å². The Morgan fingerprint density at radius 1 is 0.837 bits per heavy atom. The van der Waals surface area contributed by atoms with Crippen LogP contribution in [-0.2, 0) is 11.3 Å². The molecule has 0 bridgehead atoms. The quantitative estimate of drug-likeness (QED) is 0.276. The number of methoxy groups -OCH3 is 2. The summed E-state index contributed by atoms with van der Waals surface area (Å²) in [4.78, 5) is 25.0. The minimum Gasteiger partial charge on any atom is -0.493 e. The van der Waals surface area contributed by atoms with Crippen LogP contribution in [0.2, 0.25) is 0 Å². The van der Waals surface area contributed by atoms with Crippen LogP contribution in [0.1, 0.15) is 35.9 Å². The summed E-state index contributed by atoms with van der Waals surface area (Å²) in [6.07, 6.45) is 1.68. The van der Waals surface area contributed by atoms with E-state index in [9.17, 15) is 4.79 Å². The summed E-state index contributed by atoms with van der Waals surface area (Å²) in [5.41, 5.74) is 3.38. The molecule has 224 valence electrons. The van der Waals surface area contributed by atoms with Gasteiger partial charge in [-0.25, -0.2) is 0 Å². The minimum atomic E-state index is 0.0619. The highest BCUT2D eigenvalue weighted by molar-refractivity contribution is 5.79. The summed E-state index contributed by atoms with van der Waals surface area (Å²) in [5.74, 6) is 2.71. The van der Waals surface area contributed by atoms with Crippen molar-refractivity contribution in [1.29, 1.82) is 0 Å². The molecule has 9 nitrogen and oxygen atoms in total. The van der Waals surface area contributed by atoms with Gasteiger partial charge in [-0.1, -0.05) is 65.8 Å². The number of piperazine rings is 1. The SMILES string of the molecule is COc1ccc(-c2noc(CN3CCC(C(=O)N4CCN(C(c5ccccc5)c5ccccc5)CC4)CC3)n2)cc1OC. The van der Waals surface area contributed by atoms with Crippen molar-refractivity contribution in [1.82, 2.24) is 24.8 Å². The van der Waals surface area contributed by atoms with Gasteiger partial charge in [0.1, 0.15) is 0 Å². The average Bonchev–Trinajstić information content (AvgIpc) is 3.54. The third kappa shape index (κ3) is 6.58. The highest BCUT2D eigenvalue weighted by Gasteiger charge is 2.33. The van der Waals surface area contributed by atoms with Crippen molar-refractivity contribution in [2.24, 2.45) is 5.92 Å². The predicted molar refractivity (Wildman–Crippen MR) is 164 cm³/mol. The number of hydrogen-bond acceptors (Lipinski definition) is 8. The van der Waals surface area contributed by atoms with E-state index in [-0.39, 0.29) is 12.0 Å². The Hall–Kier alpha value is -4.21. The number of hydrogen-bond donors (Lipinski definition) is 0. The van der Waals surface area contributed by atoms with E-state index in [0.29, 0.717) is 35.7 Å². The van der Waals surface area contributed by atoms with Crippen LogP contribution in [0, 0.1) is 5.92 Å². The highest BCUT2D eigenvalue weighted by atomic mass is 16.5. The second-order valence-electron chi connectivity index (χ2n) is 11.2. The number of ether oxygens (including phenoxy) is 2. The van der Waals surface area contributed by atoms with Gasteiger partial charge in [0.25, 0.3) is 0 Å². The van der Waals surface area contributed by atoms with E-state index in [1.165, 1.54) is 11.1 Å². The first-order valence-electron chi connectivity index (χ1n) is 15.0. The van der Waals surface area contributed by atoms with Crippen molar-refractivity contribution in [2.45, 2.75) is 25.4 Å². The second-order valence-corrected chi connectivity index (χ2v) is 11.2. The number of benzene rings is 3. The molecule has 3 heterocycles. The molecule has 0 saturated carbocycles. The molecule has 0 atom stereocenters. The lowest BCUT2D eigenvalue weighted by Gasteiger charge is -2.41. The van der Waals surface area contributed by atoms with E-state index in [4.69, 9.17) is 14.0 Å². The second kappa shape index (κ2) is 13.4. The van der Waals surface area contributed by atoms with Crippen molar-refractivity contribution in [3.63, 3.8) is 0 Å². The normalized spacial score (nSPS) is 16.9. The predicted octanol–water partition coefficient (Wildman–Crippen LogP) is 4.90. The molecule has 0 N–H and O–H groups in total. The first-order valence-corrected chi connectivity index (χ1v) is 15.0. The maximum Gasteiger partial charge on any atom is 0.241 e. The van der Waals surface area contributed by atoms with Gasteiger partial charge in [0.2, 0.25) is 17.6 Å². The summed E-state index contributed by atoms with van der Waals surface area (Å²) < 4.78 is 16.3. The zero-order valence-electron chi connectivity index (χ0n) is 24.9. The number of carbonyl (C=O) groups excluding carboxylic acids is 1. The number of nitrogens with zero attached hydrogens (tertiary/aromatic N) is 5. The van der Waals surface area contributed by atoms with Gasteiger partial charge < -0.3 is 18.9 Å². The third-order valence-corrected chi connectivity index (χ3v) is 8.63. The summed E-state index contributed by atoms with van der Waals surface area (Å²) in [7, 11) is 3.21. The third-order valence-electron chi connectivity index (χ3n) is 8.63. The van der Waals surface area contributed by atoms with Gasteiger partial charge in [0.15, 0.2) is 11.5 Å². The molecular formula is C34H39N5O4. The number of carbonyl (C=O) groups is 1. The minimum absolute atomic E-state index is 0.0619. The maximum absolute atomic E-state index is 13.5. The lowest BCUT2D eigenvalue weighted by atomic mass is 9.94. The van der Waals surface area contributed by atoms with Gasteiger partial charge >= 0.3 is 0 Å². The Bertz CT molecular complexity index is 1440. The van der Waals surface area contributed by atoms with Crippen molar-refractivity contribution >= 4 is 5.91 Å². The van der Waals surface area contributed by atoms with Crippen LogP contribution < -0.4 is 9.47 Å². The van der Waals surface area contributed by atoms with E-state index in [1.807, 2.05) is 18.2 Å². The van der Waals surface area contributed by atoms with Crippen LogP contribution in [0.3, 0.4) is 0 Å².